The van der Waals surface area contributed by atoms with Crippen molar-refractivity contribution in [2.45, 2.75) is 129 Å². The zero-order valence-electron chi connectivity index (χ0n) is 18.3. The Labute approximate surface area is 175 Å². The topological polar surface area (TPSA) is 66.5 Å². The van der Waals surface area contributed by atoms with E-state index in [1.807, 2.05) is 0 Å². The Morgan fingerprint density at radius 1 is 0.593 bits per heavy atom. The largest absolute Gasteiger partial charge is 0.396 e. The number of nitrogens with two attached hydrogens (primary N) is 1. The third-order valence-corrected chi connectivity index (χ3v) is 5.25. The second kappa shape index (κ2) is 28.4. The number of unbranched alkanes of at least 4 members (excludes halogenated alkanes) is 15. The van der Waals surface area contributed by atoms with E-state index in [-0.39, 0.29) is 19.3 Å². The molecule has 0 spiro atoms. The molecule has 0 aromatic rings. The minimum Gasteiger partial charge on any atom is -0.396 e. The molecule has 0 aliphatic rings. The van der Waals surface area contributed by atoms with Gasteiger partial charge < -0.3 is 15.9 Å². The molecule has 0 amide bonds. The molecule has 0 unspecified atom stereocenters. The fourth-order valence-corrected chi connectivity index (χ4v) is 3.31. The van der Waals surface area contributed by atoms with Gasteiger partial charge in [0.25, 0.3) is 0 Å². The van der Waals surface area contributed by atoms with Crippen LogP contribution in [-0.2, 0) is 0 Å². The summed E-state index contributed by atoms with van der Waals surface area (Å²) in [6.07, 6.45) is 24.0. The maximum atomic E-state index is 8.30. The molecule has 4 N–H and O–H groups in total. The second-order valence-corrected chi connectivity index (χ2v) is 8.15. The molecule has 0 bridgehead atoms. The summed E-state index contributed by atoms with van der Waals surface area (Å²) in [4.78, 5) is 0. The predicted octanol–water partition coefficient (Wildman–Crippen LogP) is 6.57. The molecule has 0 saturated heterocycles. The van der Waals surface area contributed by atoms with E-state index in [2.05, 4.69) is 6.92 Å². The summed E-state index contributed by atoms with van der Waals surface area (Å²) in [6, 6.07) is -0.0370. The van der Waals surface area contributed by atoms with Crippen LogP contribution in [-0.4, -0.2) is 35.3 Å². The van der Waals surface area contributed by atoms with Crippen molar-refractivity contribution >= 4 is 11.6 Å². The Balaban J connectivity index is 0. The lowest BCUT2D eigenvalue weighted by Crippen LogP contribution is -2.22. The van der Waals surface area contributed by atoms with Gasteiger partial charge >= 0.3 is 0 Å². The van der Waals surface area contributed by atoms with Crippen molar-refractivity contribution in [1.29, 1.82) is 0 Å². The third kappa shape index (κ3) is 31.1. The van der Waals surface area contributed by atoms with Crippen molar-refractivity contribution in [3.05, 3.63) is 0 Å². The molecule has 0 aliphatic heterocycles. The maximum absolute atomic E-state index is 8.30. The van der Waals surface area contributed by atoms with E-state index in [0.717, 1.165) is 5.88 Å². The van der Waals surface area contributed by atoms with Crippen molar-refractivity contribution in [3.63, 3.8) is 0 Å². The van der Waals surface area contributed by atoms with Gasteiger partial charge in [-0.1, -0.05) is 103 Å². The van der Waals surface area contributed by atoms with Crippen molar-refractivity contribution in [1.82, 2.24) is 0 Å². The average Bonchev–Trinajstić information content (AvgIpc) is 2.66. The molecule has 0 aliphatic carbocycles. The van der Waals surface area contributed by atoms with Gasteiger partial charge in [-0.25, -0.2) is 0 Å². The molecular formula is C23H50ClNO2. The summed E-state index contributed by atoms with van der Waals surface area (Å²) in [6.45, 7) is 2.51. The lowest BCUT2D eigenvalue weighted by Gasteiger charge is -2.05. The van der Waals surface area contributed by atoms with Gasteiger partial charge in [-0.15, -0.1) is 11.6 Å². The number of alkyl halides is 1. The van der Waals surface area contributed by atoms with Crippen LogP contribution in [0.3, 0.4) is 0 Å². The van der Waals surface area contributed by atoms with Gasteiger partial charge in [0.2, 0.25) is 0 Å². The van der Waals surface area contributed by atoms with E-state index < -0.39 is 0 Å². The first-order valence-corrected chi connectivity index (χ1v) is 12.3. The standard InChI is InChI=1S/C18H37Cl.C5H13NO2/c1-2-3-4-5-6-7-8-9-10-11-12-13-14-15-16-17-18-19;6-5(1-3-7)2-4-8/h2-18H2,1H3;5,7-8H,1-4,6H2. The zero-order chi connectivity index (χ0) is 20.4. The number of aliphatic hydroxyl groups excluding tert-OH is 2. The molecule has 27 heavy (non-hydrogen) atoms. The highest BCUT2D eigenvalue weighted by Crippen LogP contribution is 2.13. The monoisotopic (exact) mass is 407 g/mol. The Morgan fingerprint density at radius 3 is 1.15 bits per heavy atom. The smallest absolute Gasteiger partial charge is 0.0445 e. The van der Waals surface area contributed by atoms with Crippen LogP contribution >= 0.6 is 11.6 Å². The van der Waals surface area contributed by atoms with Gasteiger partial charge in [-0.3, -0.25) is 0 Å². The molecular weight excluding hydrogens is 358 g/mol. The van der Waals surface area contributed by atoms with E-state index in [0.29, 0.717) is 12.8 Å². The molecule has 0 radical (unpaired) electrons. The highest BCUT2D eigenvalue weighted by molar-refractivity contribution is 6.17. The number of hydrogen-bond donors (Lipinski definition) is 3. The Morgan fingerprint density at radius 2 is 0.889 bits per heavy atom. The Bertz CT molecular complexity index is 220. The summed E-state index contributed by atoms with van der Waals surface area (Å²) in [5, 5.41) is 16.6. The first-order chi connectivity index (χ1) is 13.2. The quantitative estimate of drug-likeness (QED) is 0.158. The summed E-state index contributed by atoms with van der Waals surface area (Å²) >= 11 is 5.66. The van der Waals surface area contributed by atoms with Gasteiger partial charge in [0.05, 0.1) is 0 Å². The predicted molar refractivity (Wildman–Crippen MR) is 122 cm³/mol. The van der Waals surface area contributed by atoms with Crippen LogP contribution in [0.4, 0.5) is 0 Å². The van der Waals surface area contributed by atoms with Crippen LogP contribution in [0, 0.1) is 0 Å². The lowest BCUT2D eigenvalue weighted by atomic mass is 10.0. The molecule has 0 aromatic carbocycles. The number of aliphatic hydroxyl groups is 2. The normalized spacial score (nSPS) is 10.9. The van der Waals surface area contributed by atoms with Gasteiger partial charge in [0.15, 0.2) is 0 Å². The first-order valence-electron chi connectivity index (χ1n) is 11.8. The molecule has 0 atom stereocenters. The maximum Gasteiger partial charge on any atom is 0.0445 e. The van der Waals surface area contributed by atoms with E-state index in [1.54, 1.807) is 0 Å². The average molecular weight is 408 g/mol. The van der Waals surface area contributed by atoms with E-state index in [9.17, 15) is 0 Å². The van der Waals surface area contributed by atoms with Crippen LogP contribution in [0.25, 0.3) is 0 Å². The molecule has 0 rings (SSSR count). The van der Waals surface area contributed by atoms with Crippen LogP contribution in [0.15, 0.2) is 0 Å². The van der Waals surface area contributed by atoms with Gasteiger partial charge in [0.1, 0.15) is 0 Å². The van der Waals surface area contributed by atoms with E-state index in [1.165, 1.54) is 103 Å². The van der Waals surface area contributed by atoms with Gasteiger partial charge in [-0.2, -0.15) is 0 Å². The molecule has 0 aromatic heterocycles. The number of hydrogen-bond acceptors (Lipinski definition) is 3. The van der Waals surface area contributed by atoms with Crippen LogP contribution in [0.5, 0.6) is 0 Å². The Hall–Kier alpha value is 0.170. The van der Waals surface area contributed by atoms with Crippen molar-refractivity contribution in [2.24, 2.45) is 5.73 Å². The highest BCUT2D eigenvalue weighted by atomic mass is 35.5. The zero-order valence-corrected chi connectivity index (χ0v) is 19.0. The Kier molecular flexibility index (Phi) is 30.9. The van der Waals surface area contributed by atoms with E-state index in [4.69, 9.17) is 27.5 Å². The van der Waals surface area contributed by atoms with Crippen LogP contribution < -0.4 is 5.73 Å². The van der Waals surface area contributed by atoms with Gasteiger partial charge in [0, 0.05) is 25.1 Å². The SMILES string of the molecule is CCCCCCCCCCCCCCCCCCCl.NC(CCO)CCO. The molecule has 166 valence electrons. The number of halogens is 1. The van der Waals surface area contributed by atoms with Crippen molar-refractivity contribution < 1.29 is 10.2 Å². The van der Waals surface area contributed by atoms with Crippen LogP contribution in [0.1, 0.15) is 122 Å². The highest BCUT2D eigenvalue weighted by Gasteiger charge is 1.97. The van der Waals surface area contributed by atoms with Gasteiger partial charge in [-0.05, 0) is 19.3 Å². The number of rotatable bonds is 20. The first kappa shape index (κ1) is 29.4. The summed E-state index contributed by atoms with van der Waals surface area (Å²) in [5.41, 5.74) is 5.37. The molecule has 0 fully saturated rings. The molecule has 4 heteroatoms. The molecule has 3 nitrogen and oxygen atoms in total. The lowest BCUT2D eigenvalue weighted by molar-refractivity contribution is 0.242. The van der Waals surface area contributed by atoms with Crippen LogP contribution in [0.2, 0.25) is 0 Å². The van der Waals surface area contributed by atoms with E-state index >= 15 is 0 Å². The summed E-state index contributed by atoms with van der Waals surface area (Å²) < 4.78 is 0. The minimum atomic E-state index is -0.0370. The molecule has 0 saturated carbocycles. The third-order valence-electron chi connectivity index (χ3n) is 4.99. The fraction of sp³-hybridized carbons (Fsp3) is 1.00. The molecule has 0 heterocycles. The minimum absolute atomic E-state index is 0.0370. The van der Waals surface area contributed by atoms with Crippen molar-refractivity contribution in [2.75, 3.05) is 19.1 Å². The summed E-state index contributed by atoms with van der Waals surface area (Å²) in [5.74, 6) is 0.846. The second-order valence-electron chi connectivity index (χ2n) is 7.78. The summed E-state index contributed by atoms with van der Waals surface area (Å²) in [7, 11) is 0. The van der Waals surface area contributed by atoms with Crippen molar-refractivity contribution in [3.8, 4) is 0 Å². The fourth-order valence-electron chi connectivity index (χ4n) is 3.12.